The second-order valence-corrected chi connectivity index (χ2v) is 3.98. The average Bonchev–Trinajstić information content (AvgIpc) is 2.61. The van der Waals surface area contributed by atoms with Gasteiger partial charge in [0.15, 0.2) is 0 Å². The monoisotopic (exact) mass is 306 g/mol. The van der Waals surface area contributed by atoms with Gasteiger partial charge in [-0.15, -0.1) is 0 Å². The molecule has 13 heavy (non-hydrogen) atoms. The Morgan fingerprint density at radius 3 is 2.92 bits per heavy atom. The molecular formula is C8H4ClIN2O. The molecule has 0 aliphatic carbocycles. The highest BCUT2D eigenvalue weighted by Crippen LogP contribution is 2.25. The van der Waals surface area contributed by atoms with Crippen LogP contribution in [0.15, 0.2) is 29.1 Å². The Morgan fingerprint density at radius 2 is 2.23 bits per heavy atom. The summed E-state index contributed by atoms with van der Waals surface area (Å²) in [6.07, 6.45) is 1.30. The molecule has 0 saturated carbocycles. The van der Waals surface area contributed by atoms with Gasteiger partial charge in [0.1, 0.15) is 0 Å². The molecule has 0 spiro atoms. The van der Waals surface area contributed by atoms with Crippen LogP contribution in [-0.4, -0.2) is 10.1 Å². The van der Waals surface area contributed by atoms with Crippen molar-refractivity contribution in [1.82, 2.24) is 10.1 Å². The first kappa shape index (κ1) is 8.96. The van der Waals surface area contributed by atoms with Crippen molar-refractivity contribution in [1.29, 1.82) is 0 Å². The van der Waals surface area contributed by atoms with E-state index in [4.69, 9.17) is 11.6 Å². The fraction of sp³-hybridized carbons (Fsp3) is 0. The summed E-state index contributed by atoms with van der Waals surface area (Å²) in [6.45, 7) is 0. The molecule has 1 aromatic heterocycles. The third-order valence-electron chi connectivity index (χ3n) is 1.53. The Kier molecular flexibility index (Phi) is 2.50. The number of rotatable bonds is 1. The lowest BCUT2D eigenvalue weighted by atomic mass is 10.2. The third-order valence-corrected chi connectivity index (χ3v) is 2.71. The van der Waals surface area contributed by atoms with Crippen molar-refractivity contribution in [3.63, 3.8) is 0 Å². The molecule has 0 N–H and O–H groups in total. The zero-order valence-corrected chi connectivity index (χ0v) is 9.28. The van der Waals surface area contributed by atoms with Gasteiger partial charge in [-0.3, -0.25) is 0 Å². The molecule has 2 rings (SSSR count). The van der Waals surface area contributed by atoms with Crippen LogP contribution in [0.5, 0.6) is 0 Å². The van der Waals surface area contributed by atoms with Crippen molar-refractivity contribution >= 4 is 34.2 Å². The fourth-order valence-corrected chi connectivity index (χ4v) is 1.71. The normalized spacial score (nSPS) is 10.3. The second-order valence-electron chi connectivity index (χ2n) is 2.38. The van der Waals surface area contributed by atoms with E-state index >= 15 is 0 Å². The molecule has 0 unspecified atom stereocenters. The van der Waals surface area contributed by atoms with Gasteiger partial charge in [-0.1, -0.05) is 16.8 Å². The lowest BCUT2D eigenvalue weighted by Gasteiger charge is -1.98. The SMILES string of the molecule is Clc1ccc(I)c(-c2ncon2)c1. The summed E-state index contributed by atoms with van der Waals surface area (Å²) in [5, 5.41) is 4.41. The van der Waals surface area contributed by atoms with Crippen LogP contribution in [0.3, 0.4) is 0 Å². The quantitative estimate of drug-likeness (QED) is 0.760. The van der Waals surface area contributed by atoms with Crippen LogP contribution in [0.2, 0.25) is 5.02 Å². The molecule has 0 amide bonds. The number of benzene rings is 1. The first-order valence-electron chi connectivity index (χ1n) is 3.49. The van der Waals surface area contributed by atoms with Crippen LogP contribution in [0.1, 0.15) is 0 Å². The topological polar surface area (TPSA) is 38.9 Å². The van der Waals surface area contributed by atoms with Gasteiger partial charge in [0.2, 0.25) is 12.2 Å². The number of halogens is 2. The Labute approximate surface area is 93.2 Å². The summed E-state index contributed by atoms with van der Waals surface area (Å²) in [4.78, 5) is 3.95. The minimum absolute atomic E-state index is 0.562. The van der Waals surface area contributed by atoms with Crippen molar-refractivity contribution in [2.24, 2.45) is 0 Å². The zero-order chi connectivity index (χ0) is 9.26. The maximum Gasteiger partial charge on any atom is 0.214 e. The number of aromatic nitrogens is 2. The highest BCUT2D eigenvalue weighted by molar-refractivity contribution is 14.1. The summed E-state index contributed by atoms with van der Waals surface area (Å²) in [5.41, 5.74) is 0.891. The molecule has 2 aromatic rings. The van der Waals surface area contributed by atoms with E-state index in [1.54, 1.807) is 0 Å². The van der Waals surface area contributed by atoms with E-state index in [1.807, 2.05) is 18.2 Å². The van der Waals surface area contributed by atoms with Gasteiger partial charge in [-0.2, -0.15) is 4.98 Å². The van der Waals surface area contributed by atoms with E-state index in [0.29, 0.717) is 10.8 Å². The maximum atomic E-state index is 5.84. The lowest BCUT2D eigenvalue weighted by Crippen LogP contribution is -1.84. The minimum atomic E-state index is 0.562. The third kappa shape index (κ3) is 1.83. The van der Waals surface area contributed by atoms with Gasteiger partial charge in [-0.25, -0.2) is 0 Å². The Morgan fingerprint density at radius 1 is 1.38 bits per heavy atom. The van der Waals surface area contributed by atoms with E-state index in [-0.39, 0.29) is 0 Å². The van der Waals surface area contributed by atoms with Crippen molar-refractivity contribution in [2.45, 2.75) is 0 Å². The molecule has 0 aliphatic rings. The minimum Gasteiger partial charge on any atom is -0.342 e. The van der Waals surface area contributed by atoms with Gasteiger partial charge in [0.25, 0.3) is 0 Å². The van der Waals surface area contributed by atoms with Crippen LogP contribution in [0.25, 0.3) is 11.4 Å². The number of hydrogen-bond acceptors (Lipinski definition) is 3. The molecule has 0 radical (unpaired) electrons. The summed E-state index contributed by atoms with van der Waals surface area (Å²) in [5.74, 6) is 0.562. The van der Waals surface area contributed by atoms with Crippen LogP contribution >= 0.6 is 34.2 Å². The van der Waals surface area contributed by atoms with Gasteiger partial charge in [0.05, 0.1) is 0 Å². The lowest BCUT2D eigenvalue weighted by molar-refractivity contribution is 0.418. The van der Waals surface area contributed by atoms with E-state index in [0.717, 1.165) is 9.13 Å². The molecule has 1 heterocycles. The molecular weight excluding hydrogens is 302 g/mol. The van der Waals surface area contributed by atoms with Gasteiger partial charge >= 0.3 is 0 Å². The molecule has 0 aliphatic heterocycles. The predicted octanol–water partition coefficient (Wildman–Crippen LogP) is 2.99. The molecule has 0 fully saturated rings. The molecule has 0 saturated heterocycles. The van der Waals surface area contributed by atoms with Gasteiger partial charge in [0, 0.05) is 14.2 Å². The average molecular weight is 306 g/mol. The Bertz CT molecular complexity index is 416. The van der Waals surface area contributed by atoms with Crippen LogP contribution in [-0.2, 0) is 0 Å². The standard InChI is InChI=1S/C8H4ClIN2O/c9-5-1-2-7(10)6(3-5)8-11-4-13-12-8/h1-4H. The Hall–Kier alpha value is -0.620. The van der Waals surface area contributed by atoms with Crippen LogP contribution in [0.4, 0.5) is 0 Å². The highest BCUT2D eigenvalue weighted by Gasteiger charge is 2.07. The van der Waals surface area contributed by atoms with Crippen LogP contribution < -0.4 is 0 Å². The summed E-state index contributed by atoms with van der Waals surface area (Å²) in [7, 11) is 0. The molecule has 1 aromatic carbocycles. The molecule has 0 atom stereocenters. The first-order chi connectivity index (χ1) is 6.27. The summed E-state index contributed by atoms with van der Waals surface area (Å²) >= 11 is 8.04. The van der Waals surface area contributed by atoms with Crippen LogP contribution in [0, 0.1) is 3.57 Å². The summed E-state index contributed by atoms with van der Waals surface area (Å²) in [6, 6.07) is 5.55. The smallest absolute Gasteiger partial charge is 0.214 e. The van der Waals surface area contributed by atoms with E-state index in [2.05, 4.69) is 37.3 Å². The van der Waals surface area contributed by atoms with E-state index in [9.17, 15) is 0 Å². The van der Waals surface area contributed by atoms with Gasteiger partial charge < -0.3 is 4.52 Å². The second kappa shape index (κ2) is 3.63. The largest absolute Gasteiger partial charge is 0.342 e. The molecule has 5 heteroatoms. The van der Waals surface area contributed by atoms with Gasteiger partial charge in [-0.05, 0) is 40.8 Å². The highest BCUT2D eigenvalue weighted by atomic mass is 127. The summed E-state index contributed by atoms with van der Waals surface area (Å²) < 4.78 is 5.70. The maximum absolute atomic E-state index is 5.84. The molecule has 66 valence electrons. The first-order valence-corrected chi connectivity index (χ1v) is 4.95. The van der Waals surface area contributed by atoms with E-state index in [1.165, 1.54) is 6.39 Å². The number of hydrogen-bond donors (Lipinski definition) is 0. The fourth-order valence-electron chi connectivity index (χ4n) is 0.958. The number of nitrogens with zero attached hydrogens (tertiary/aromatic N) is 2. The Balaban J connectivity index is 2.57. The van der Waals surface area contributed by atoms with Crippen molar-refractivity contribution < 1.29 is 4.52 Å². The zero-order valence-electron chi connectivity index (χ0n) is 6.37. The van der Waals surface area contributed by atoms with E-state index < -0.39 is 0 Å². The van der Waals surface area contributed by atoms with Crippen molar-refractivity contribution in [3.8, 4) is 11.4 Å². The predicted molar refractivity (Wildman–Crippen MR) is 57.5 cm³/mol. The van der Waals surface area contributed by atoms with Crippen molar-refractivity contribution in [2.75, 3.05) is 0 Å². The van der Waals surface area contributed by atoms with Crippen molar-refractivity contribution in [3.05, 3.63) is 33.2 Å². The molecule has 0 bridgehead atoms. The molecule has 3 nitrogen and oxygen atoms in total.